The van der Waals surface area contributed by atoms with E-state index in [1.54, 1.807) is 0 Å². The first-order chi connectivity index (χ1) is 7.20. The molecule has 0 bridgehead atoms. The second-order valence-electron chi connectivity index (χ2n) is 3.34. The van der Waals surface area contributed by atoms with Crippen molar-refractivity contribution in [3.8, 4) is 0 Å². The number of hydrogen-bond donors (Lipinski definition) is 1. The summed E-state index contributed by atoms with van der Waals surface area (Å²) in [4.78, 5) is 0. The van der Waals surface area contributed by atoms with Crippen LogP contribution in [0.4, 0.5) is 13.2 Å². The number of rotatable bonds is 1. The average molecular weight is 217 g/mol. The molecule has 2 rings (SSSR count). The minimum absolute atomic E-state index is 0.150. The summed E-state index contributed by atoms with van der Waals surface area (Å²) in [6, 6.07) is 1.08. The van der Waals surface area contributed by atoms with Crippen LogP contribution >= 0.6 is 0 Å². The second-order valence-corrected chi connectivity index (χ2v) is 3.34. The fourth-order valence-corrected chi connectivity index (χ4v) is 1.61. The van der Waals surface area contributed by atoms with Gasteiger partial charge in [-0.25, -0.2) is 13.2 Å². The van der Waals surface area contributed by atoms with Gasteiger partial charge in [0.25, 0.3) is 0 Å². The van der Waals surface area contributed by atoms with Gasteiger partial charge in [0.15, 0.2) is 11.6 Å². The Kier molecular flexibility index (Phi) is 2.93. The summed E-state index contributed by atoms with van der Waals surface area (Å²) in [5, 5.41) is 2.87. The van der Waals surface area contributed by atoms with Crippen LogP contribution < -0.4 is 5.32 Å². The molecule has 0 amide bonds. The van der Waals surface area contributed by atoms with Gasteiger partial charge >= 0.3 is 0 Å². The zero-order valence-electron chi connectivity index (χ0n) is 7.90. The molecule has 5 heteroatoms. The molecule has 1 heterocycles. The van der Waals surface area contributed by atoms with Crippen LogP contribution in [0.5, 0.6) is 0 Å². The van der Waals surface area contributed by atoms with E-state index < -0.39 is 23.5 Å². The van der Waals surface area contributed by atoms with Crippen LogP contribution in [0.1, 0.15) is 11.6 Å². The molecular weight excluding hydrogens is 207 g/mol. The molecule has 0 aromatic heterocycles. The van der Waals surface area contributed by atoms with Crippen molar-refractivity contribution in [2.75, 3.05) is 19.8 Å². The molecule has 1 N–H and O–H groups in total. The first-order valence-electron chi connectivity index (χ1n) is 4.64. The highest BCUT2D eigenvalue weighted by Gasteiger charge is 2.24. The maximum atomic E-state index is 13.3. The maximum Gasteiger partial charge on any atom is 0.166 e. The molecule has 1 fully saturated rings. The minimum Gasteiger partial charge on any atom is -0.378 e. The number of hydrogen-bond acceptors (Lipinski definition) is 2. The highest BCUT2D eigenvalue weighted by molar-refractivity contribution is 5.25. The van der Waals surface area contributed by atoms with E-state index in [1.165, 1.54) is 0 Å². The summed E-state index contributed by atoms with van der Waals surface area (Å²) in [7, 11) is 0. The number of benzene rings is 1. The normalized spacial score (nSPS) is 21.7. The van der Waals surface area contributed by atoms with Crippen molar-refractivity contribution in [2.24, 2.45) is 0 Å². The van der Waals surface area contributed by atoms with E-state index in [-0.39, 0.29) is 12.2 Å². The fourth-order valence-electron chi connectivity index (χ4n) is 1.61. The highest BCUT2D eigenvalue weighted by atomic mass is 19.2. The van der Waals surface area contributed by atoms with Crippen molar-refractivity contribution in [1.29, 1.82) is 0 Å². The van der Waals surface area contributed by atoms with Crippen molar-refractivity contribution < 1.29 is 17.9 Å². The smallest absolute Gasteiger partial charge is 0.166 e. The maximum absolute atomic E-state index is 13.3. The quantitative estimate of drug-likeness (QED) is 0.724. The Morgan fingerprint density at radius 1 is 1.20 bits per heavy atom. The average Bonchev–Trinajstić information content (AvgIpc) is 2.26. The number of ether oxygens (including phenoxy) is 1. The molecule has 0 radical (unpaired) electrons. The van der Waals surface area contributed by atoms with Gasteiger partial charge in [-0.05, 0) is 12.1 Å². The van der Waals surface area contributed by atoms with Crippen LogP contribution in [-0.4, -0.2) is 19.8 Å². The zero-order valence-corrected chi connectivity index (χ0v) is 7.90. The minimum atomic E-state index is -1.14. The van der Waals surface area contributed by atoms with Crippen LogP contribution in [0.25, 0.3) is 0 Å². The fraction of sp³-hybridized carbons (Fsp3) is 0.400. The molecule has 1 aliphatic rings. The predicted octanol–water partition coefficient (Wildman–Crippen LogP) is 1.76. The summed E-state index contributed by atoms with van der Waals surface area (Å²) < 4.78 is 44.6. The van der Waals surface area contributed by atoms with E-state index in [1.807, 2.05) is 0 Å². The van der Waals surface area contributed by atoms with Crippen molar-refractivity contribution in [2.45, 2.75) is 6.04 Å². The Morgan fingerprint density at radius 3 is 2.60 bits per heavy atom. The predicted molar refractivity (Wildman–Crippen MR) is 47.9 cm³/mol. The second kappa shape index (κ2) is 4.20. The SMILES string of the molecule is Fc1ccc(F)c([C@H]2COCCN2)c1F. The molecule has 82 valence electrons. The third-order valence-corrected chi connectivity index (χ3v) is 2.35. The van der Waals surface area contributed by atoms with Gasteiger partial charge < -0.3 is 10.1 Å². The van der Waals surface area contributed by atoms with Crippen molar-refractivity contribution in [3.63, 3.8) is 0 Å². The molecule has 1 aromatic carbocycles. The van der Waals surface area contributed by atoms with Crippen LogP contribution in [0.15, 0.2) is 12.1 Å². The van der Waals surface area contributed by atoms with Gasteiger partial charge in [-0.2, -0.15) is 0 Å². The van der Waals surface area contributed by atoms with Gasteiger partial charge in [-0.15, -0.1) is 0 Å². The summed E-state index contributed by atoms with van der Waals surface area (Å²) in [5.74, 6) is -2.94. The van der Waals surface area contributed by atoms with Crippen molar-refractivity contribution in [1.82, 2.24) is 5.32 Å². The van der Waals surface area contributed by atoms with E-state index in [2.05, 4.69) is 5.32 Å². The lowest BCUT2D eigenvalue weighted by molar-refractivity contribution is 0.0742. The molecule has 0 aliphatic carbocycles. The topological polar surface area (TPSA) is 21.3 Å². The molecule has 0 saturated carbocycles. The summed E-state index contributed by atoms with van der Waals surface area (Å²) in [6.07, 6.45) is 0. The van der Waals surface area contributed by atoms with Crippen LogP contribution in [0.2, 0.25) is 0 Å². The molecule has 15 heavy (non-hydrogen) atoms. The van der Waals surface area contributed by atoms with Gasteiger partial charge in [0.2, 0.25) is 0 Å². The zero-order chi connectivity index (χ0) is 10.8. The van der Waals surface area contributed by atoms with E-state index in [0.29, 0.717) is 13.2 Å². The molecule has 0 unspecified atom stereocenters. The summed E-state index contributed by atoms with van der Waals surface area (Å²) in [6.45, 7) is 1.15. The lowest BCUT2D eigenvalue weighted by Gasteiger charge is -2.24. The van der Waals surface area contributed by atoms with E-state index >= 15 is 0 Å². The summed E-state index contributed by atoms with van der Waals surface area (Å²) in [5.41, 5.74) is -0.283. The van der Waals surface area contributed by atoms with E-state index in [0.717, 1.165) is 12.1 Å². The molecule has 1 saturated heterocycles. The Balaban J connectivity index is 2.36. The Bertz CT molecular complexity index is 364. The Labute approximate surface area is 85.0 Å². The molecule has 0 spiro atoms. The van der Waals surface area contributed by atoms with Gasteiger partial charge in [0, 0.05) is 12.1 Å². The van der Waals surface area contributed by atoms with Crippen molar-refractivity contribution >= 4 is 0 Å². The third-order valence-electron chi connectivity index (χ3n) is 2.35. The number of nitrogens with one attached hydrogen (secondary N) is 1. The molecular formula is C10H10F3NO. The Morgan fingerprint density at radius 2 is 1.93 bits per heavy atom. The van der Waals surface area contributed by atoms with Crippen molar-refractivity contribution in [3.05, 3.63) is 35.1 Å². The van der Waals surface area contributed by atoms with Crippen LogP contribution in [0, 0.1) is 17.5 Å². The largest absolute Gasteiger partial charge is 0.378 e. The van der Waals surface area contributed by atoms with E-state index in [4.69, 9.17) is 4.74 Å². The Hall–Kier alpha value is -1.07. The lowest BCUT2D eigenvalue weighted by Crippen LogP contribution is -2.35. The molecule has 2 nitrogen and oxygen atoms in total. The van der Waals surface area contributed by atoms with E-state index in [9.17, 15) is 13.2 Å². The van der Waals surface area contributed by atoms with Gasteiger partial charge in [-0.3, -0.25) is 0 Å². The third kappa shape index (κ3) is 1.98. The van der Waals surface area contributed by atoms with Gasteiger partial charge in [-0.1, -0.05) is 0 Å². The number of morpholine rings is 1. The summed E-state index contributed by atoms with van der Waals surface area (Å²) >= 11 is 0. The molecule has 1 aromatic rings. The monoisotopic (exact) mass is 217 g/mol. The molecule has 1 aliphatic heterocycles. The molecule has 1 atom stereocenters. The van der Waals surface area contributed by atoms with Gasteiger partial charge in [0.1, 0.15) is 5.82 Å². The first kappa shape index (κ1) is 10.4. The lowest BCUT2D eigenvalue weighted by atomic mass is 10.1. The van der Waals surface area contributed by atoms with Gasteiger partial charge in [0.05, 0.1) is 19.3 Å². The number of halogens is 3. The standard InChI is InChI=1S/C10H10F3NO/c11-6-1-2-7(12)10(13)9(6)8-5-15-4-3-14-8/h1-2,8,14H,3-5H2/t8-/m1/s1. The van der Waals surface area contributed by atoms with Crippen LogP contribution in [0.3, 0.4) is 0 Å². The van der Waals surface area contributed by atoms with Crippen LogP contribution in [-0.2, 0) is 4.74 Å². The highest BCUT2D eigenvalue weighted by Crippen LogP contribution is 2.24. The first-order valence-corrected chi connectivity index (χ1v) is 4.64.